The first-order valence-corrected chi connectivity index (χ1v) is 22.3. The van der Waals surface area contributed by atoms with Crippen LogP contribution in [0.3, 0.4) is 0 Å². The highest BCUT2D eigenvalue weighted by atomic mass is 31.2. The van der Waals surface area contributed by atoms with E-state index in [1.54, 1.807) is 0 Å². The number of carbonyl (C=O) groups excluding carboxylic acids is 1. The van der Waals surface area contributed by atoms with E-state index < -0.39 is 13.9 Å². The molecule has 0 aromatic carbocycles. The Labute approximate surface area is 308 Å². The average molecular weight is 730 g/mol. The van der Waals surface area contributed by atoms with Crippen molar-refractivity contribution < 1.29 is 32.8 Å². The van der Waals surface area contributed by atoms with Gasteiger partial charge in [0.2, 0.25) is 0 Å². The highest BCUT2D eigenvalue weighted by Gasteiger charge is 2.25. The minimum Gasteiger partial charge on any atom is -0.457 e. The van der Waals surface area contributed by atoms with Crippen LogP contribution >= 0.6 is 7.82 Å². The van der Waals surface area contributed by atoms with E-state index in [9.17, 15) is 14.3 Å². The Hall–Kier alpha value is -1.02. The lowest BCUT2D eigenvalue weighted by Crippen LogP contribution is -2.28. The summed E-state index contributed by atoms with van der Waals surface area (Å²) in [7, 11) is -4.26. The molecule has 2 unspecified atom stereocenters. The van der Waals surface area contributed by atoms with Crippen LogP contribution in [0.2, 0.25) is 0 Å². The second-order valence-corrected chi connectivity index (χ2v) is 15.3. The topological polar surface area (TPSA) is 117 Å². The van der Waals surface area contributed by atoms with E-state index in [2.05, 4.69) is 38.2 Å². The van der Waals surface area contributed by atoms with Crippen LogP contribution < -0.4 is 5.73 Å². The molecule has 8 nitrogen and oxygen atoms in total. The summed E-state index contributed by atoms with van der Waals surface area (Å²) in [6, 6.07) is 0. The zero-order chi connectivity index (χ0) is 36.6. The number of allylic oxidation sites excluding steroid dienone is 4. The highest BCUT2D eigenvalue weighted by molar-refractivity contribution is 7.47. The Kier molecular flexibility index (Phi) is 38.4. The van der Waals surface area contributed by atoms with E-state index in [-0.39, 0.29) is 32.3 Å². The number of nitrogens with two attached hydrogens (primary N) is 1. The summed E-state index contributed by atoms with van der Waals surface area (Å²) in [6.07, 6.45) is 42.2. The zero-order valence-corrected chi connectivity index (χ0v) is 33.5. The maximum absolute atomic E-state index is 12.5. The lowest BCUT2D eigenvalue weighted by Gasteiger charge is -2.20. The third kappa shape index (κ3) is 38.2. The molecule has 0 heterocycles. The first-order valence-electron chi connectivity index (χ1n) is 20.8. The molecule has 0 fully saturated rings. The van der Waals surface area contributed by atoms with E-state index >= 15 is 0 Å². The van der Waals surface area contributed by atoms with Gasteiger partial charge in [0.05, 0.1) is 19.8 Å². The van der Waals surface area contributed by atoms with Gasteiger partial charge < -0.3 is 20.1 Å². The lowest BCUT2D eigenvalue weighted by atomic mass is 10.0. The maximum atomic E-state index is 12.5. The van der Waals surface area contributed by atoms with Gasteiger partial charge in [0.15, 0.2) is 0 Å². The van der Waals surface area contributed by atoms with Crippen molar-refractivity contribution in [1.82, 2.24) is 0 Å². The molecule has 0 bridgehead atoms. The molecular weight excluding hydrogens is 649 g/mol. The van der Waals surface area contributed by atoms with Crippen LogP contribution in [-0.4, -0.2) is 49.9 Å². The number of esters is 1. The Morgan fingerprint density at radius 2 is 1.06 bits per heavy atom. The van der Waals surface area contributed by atoms with Crippen molar-refractivity contribution in [1.29, 1.82) is 0 Å². The number of carbonyl (C=O) groups is 1. The van der Waals surface area contributed by atoms with Gasteiger partial charge in [-0.05, 0) is 44.9 Å². The molecule has 296 valence electrons. The summed E-state index contributed by atoms with van der Waals surface area (Å²) in [5, 5.41) is 0. The summed E-state index contributed by atoms with van der Waals surface area (Å²) in [6.45, 7) is 4.87. The number of ether oxygens (including phenoxy) is 2. The molecule has 0 saturated carbocycles. The summed E-state index contributed by atoms with van der Waals surface area (Å²) >= 11 is 0. The van der Waals surface area contributed by atoms with E-state index in [1.807, 2.05) is 0 Å². The molecular formula is C41H80NO7P. The first-order chi connectivity index (χ1) is 24.4. The van der Waals surface area contributed by atoms with Crippen molar-refractivity contribution >= 4 is 13.8 Å². The summed E-state index contributed by atoms with van der Waals surface area (Å²) < 4.78 is 33.1. The molecule has 9 heteroatoms. The number of hydrogen-bond donors (Lipinski definition) is 2. The molecule has 0 radical (unpaired) electrons. The van der Waals surface area contributed by atoms with Crippen molar-refractivity contribution in [3.05, 3.63) is 24.3 Å². The first kappa shape index (κ1) is 49.0. The molecule has 0 aliphatic heterocycles. The van der Waals surface area contributed by atoms with E-state index in [0.29, 0.717) is 13.0 Å². The van der Waals surface area contributed by atoms with Gasteiger partial charge in [0, 0.05) is 19.6 Å². The number of phosphoric ester groups is 1. The van der Waals surface area contributed by atoms with Crippen molar-refractivity contribution in [2.75, 3.05) is 33.0 Å². The van der Waals surface area contributed by atoms with E-state index in [1.165, 1.54) is 135 Å². The standard InChI is InChI=1S/C41H80NO7P/c1-3-5-7-9-11-12-13-14-15-16-17-18-19-20-21-22-23-24-25-26-27-28-29-30-32-34-41(43)49-40(39-48-50(44,45)47-37-35-42)38-46-36-33-31-10-8-6-4-2/h13-14,16-17,40H,3-12,15,18-39,42H2,1-2H3,(H,44,45)/b14-13-,17-16-. The lowest BCUT2D eigenvalue weighted by molar-refractivity contribution is -0.154. The SMILES string of the molecule is CCCCCCC/C=C\C/C=C\CCCCCCCCCCCCCCCC(=O)OC(COCCCCCCCC)COP(=O)(O)OCCN. The molecule has 0 rings (SSSR count). The number of rotatable bonds is 40. The minimum absolute atomic E-state index is 0.0939. The van der Waals surface area contributed by atoms with Gasteiger partial charge in [-0.2, -0.15) is 0 Å². The van der Waals surface area contributed by atoms with Gasteiger partial charge in [0.25, 0.3) is 0 Å². The van der Waals surface area contributed by atoms with Crippen molar-refractivity contribution in [3.8, 4) is 0 Å². The fraction of sp³-hybridized carbons (Fsp3) is 0.878. The number of unbranched alkanes of at least 4 members (excludes halogenated alkanes) is 23. The fourth-order valence-electron chi connectivity index (χ4n) is 5.79. The fourth-order valence-corrected chi connectivity index (χ4v) is 6.56. The highest BCUT2D eigenvalue weighted by Crippen LogP contribution is 2.43. The molecule has 0 aliphatic carbocycles. The van der Waals surface area contributed by atoms with Crippen LogP contribution in [0.1, 0.15) is 194 Å². The summed E-state index contributed by atoms with van der Waals surface area (Å²) in [4.78, 5) is 22.3. The minimum atomic E-state index is -4.26. The summed E-state index contributed by atoms with van der Waals surface area (Å²) in [5.74, 6) is -0.333. The second-order valence-electron chi connectivity index (χ2n) is 13.9. The van der Waals surface area contributed by atoms with Crippen LogP contribution in [0.25, 0.3) is 0 Å². The maximum Gasteiger partial charge on any atom is 0.472 e. The molecule has 0 saturated heterocycles. The van der Waals surface area contributed by atoms with E-state index in [0.717, 1.165) is 38.5 Å². The van der Waals surface area contributed by atoms with Crippen LogP contribution in [0, 0.1) is 0 Å². The average Bonchev–Trinajstić information content (AvgIpc) is 3.10. The molecule has 0 aromatic heterocycles. The van der Waals surface area contributed by atoms with Gasteiger partial charge in [-0.25, -0.2) is 4.57 Å². The van der Waals surface area contributed by atoms with Gasteiger partial charge in [-0.15, -0.1) is 0 Å². The van der Waals surface area contributed by atoms with Crippen LogP contribution in [-0.2, 0) is 27.9 Å². The van der Waals surface area contributed by atoms with Gasteiger partial charge in [0.1, 0.15) is 6.10 Å². The molecule has 0 aliphatic rings. The van der Waals surface area contributed by atoms with Crippen molar-refractivity contribution in [2.24, 2.45) is 5.73 Å². The normalized spacial score (nSPS) is 13.8. The van der Waals surface area contributed by atoms with Gasteiger partial charge in [-0.3, -0.25) is 13.8 Å². The van der Waals surface area contributed by atoms with Crippen molar-refractivity contribution in [2.45, 2.75) is 200 Å². The van der Waals surface area contributed by atoms with Gasteiger partial charge >= 0.3 is 13.8 Å². The van der Waals surface area contributed by atoms with Gasteiger partial charge in [-0.1, -0.05) is 167 Å². The largest absolute Gasteiger partial charge is 0.472 e. The molecule has 0 amide bonds. The third-order valence-corrected chi connectivity index (χ3v) is 9.86. The number of phosphoric acid groups is 1. The van der Waals surface area contributed by atoms with Crippen LogP contribution in [0.5, 0.6) is 0 Å². The Morgan fingerprint density at radius 1 is 0.600 bits per heavy atom. The molecule has 2 atom stereocenters. The predicted molar refractivity (Wildman–Crippen MR) is 210 cm³/mol. The number of hydrogen-bond acceptors (Lipinski definition) is 7. The Balaban J connectivity index is 3.80. The smallest absolute Gasteiger partial charge is 0.457 e. The van der Waals surface area contributed by atoms with Crippen LogP contribution in [0.4, 0.5) is 0 Å². The monoisotopic (exact) mass is 730 g/mol. The third-order valence-electron chi connectivity index (χ3n) is 8.87. The van der Waals surface area contributed by atoms with Crippen molar-refractivity contribution in [3.63, 3.8) is 0 Å². The second kappa shape index (κ2) is 39.2. The molecule has 0 aromatic rings. The van der Waals surface area contributed by atoms with E-state index in [4.69, 9.17) is 24.3 Å². The Morgan fingerprint density at radius 3 is 1.56 bits per heavy atom. The summed E-state index contributed by atoms with van der Waals surface area (Å²) in [5.41, 5.74) is 5.34. The zero-order valence-electron chi connectivity index (χ0n) is 32.6. The molecule has 3 N–H and O–H groups in total. The Bertz CT molecular complexity index is 823. The molecule has 0 spiro atoms. The quantitative estimate of drug-likeness (QED) is 0.0277. The van der Waals surface area contributed by atoms with Crippen LogP contribution in [0.15, 0.2) is 24.3 Å². The predicted octanol–water partition coefficient (Wildman–Crippen LogP) is 12.1. The molecule has 50 heavy (non-hydrogen) atoms.